The molecule has 2 rings (SSSR count). The number of amides is 1. The number of furan rings is 1. The lowest BCUT2D eigenvalue weighted by molar-refractivity contribution is -0.116. The Balaban J connectivity index is 1.93. The molecule has 0 aliphatic heterocycles. The number of hydrogen-bond acceptors (Lipinski definition) is 4. The third-order valence-electron chi connectivity index (χ3n) is 2.87. The van der Waals surface area contributed by atoms with Crippen LogP contribution in [0.4, 0.5) is 5.69 Å². The Labute approximate surface area is 128 Å². The first kappa shape index (κ1) is 15.2. The van der Waals surface area contributed by atoms with E-state index in [1.807, 2.05) is 42.5 Å². The number of thioether (sulfide) groups is 1. The van der Waals surface area contributed by atoms with Gasteiger partial charge in [0, 0.05) is 12.2 Å². The Morgan fingerprint density at radius 2 is 2.05 bits per heavy atom. The van der Waals surface area contributed by atoms with Gasteiger partial charge in [-0.3, -0.25) is 4.79 Å². The van der Waals surface area contributed by atoms with Crippen molar-refractivity contribution in [3.63, 3.8) is 0 Å². The highest BCUT2D eigenvalue weighted by molar-refractivity contribution is 7.99. The van der Waals surface area contributed by atoms with Gasteiger partial charge in [0.05, 0.1) is 30.3 Å². The Hall–Kier alpha value is -2.19. The van der Waals surface area contributed by atoms with Gasteiger partial charge in [-0.05, 0) is 24.3 Å². The number of para-hydroxylation sites is 1. The number of carbonyl (C=O) groups is 1. The largest absolute Gasteiger partial charge is 0.468 e. The number of anilines is 1. The molecule has 1 amide bonds. The minimum absolute atomic E-state index is 0.00741. The van der Waals surface area contributed by atoms with Crippen LogP contribution in [-0.4, -0.2) is 18.2 Å². The molecule has 2 aromatic rings. The maximum absolute atomic E-state index is 12.3. The molecule has 0 unspecified atom stereocenters. The van der Waals surface area contributed by atoms with Crippen LogP contribution in [0.2, 0.25) is 0 Å². The van der Waals surface area contributed by atoms with E-state index in [1.54, 1.807) is 11.2 Å². The zero-order chi connectivity index (χ0) is 14.9. The second-order valence-corrected chi connectivity index (χ2v) is 5.35. The summed E-state index contributed by atoms with van der Waals surface area (Å²) in [5, 5.41) is 8.74. The molecule has 5 heteroatoms. The van der Waals surface area contributed by atoms with Gasteiger partial charge in [-0.15, -0.1) is 11.8 Å². The van der Waals surface area contributed by atoms with Crippen LogP contribution in [0.15, 0.2) is 53.1 Å². The van der Waals surface area contributed by atoms with Gasteiger partial charge in [-0.25, -0.2) is 0 Å². The summed E-state index contributed by atoms with van der Waals surface area (Å²) in [5.41, 5.74) is 0.830. The van der Waals surface area contributed by atoms with Gasteiger partial charge < -0.3 is 9.32 Å². The van der Waals surface area contributed by atoms with Gasteiger partial charge in [0.25, 0.3) is 0 Å². The van der Waals surface area contributed by atoms with E-state index in [0.717, 1.165) is 11.4 Å². The van der Waals surface area contributed by atoms with E-state index in [-0.39, 0.29) is 5.91 Å². The number of hydrogen-bond donors (Lipinski definition) is 0. The van der Waals surface area contributed by atoms with Gasteiger partial charge in [-0.2, -0.15) is 5.26 Å². The number of benzene rings is 1. The van der Waals surface area contributed by atoms with Crippen LogP contribution in [0.25, 0.3) is 0 Å². The number of carbonyl (C=O) groups excluding carboxylic acids is 1. The first-order valence-corrected chi connectivity index (χ1v) is 7.79. The standard InChI is InChI=1S/C16H16N2O2S/c17-9-5-10-18(14-6-2-1-3-7-14)16(19)13-21-12-15-8-4-11-20-15/h1-4,6-8,11H,5,10,12-13H2. The van der Waals surface area contributed by atoms with Crippen molar-refractivity contribution < 1.29 is 9.21 Å². The zero-order valence-corrected chi connectivity index (χ0v) is 12.4. The molecular formula is C16H16N2O2S. The quantitative estimate of drug-likeness (QED) is 0.785. The number of nitrogens with zero attached hydrogens (tertiary/aromatic N) is 2. The minimum atomic E-state index is 0.00741. The molecule has 0 aliphatic carbocycles. The van der Waals surface area contributed by atoms with Crippen molar-refractivity contribution >= 4 is 23.4 Å². The number of rotatable bonds is 7. The molecule has 0 saturated carbocycles. The van der Waals surface area contributed by atoms with E-state index in [9.17, 15) is 4.79 Å². The maximum atomic E-state index is 12.3. The molecule has 21 heavy (non-hydrogen) atoms. The summed E-state index contributed by atoms with van der Waals surface area (Å²) in [6.07, 6.45) is 1.95. The fourth-order valence-corrected chi connectivity index (χ4v) is 2.68. The summed E-state index contributed by atoms with van der Waals surface area (Å²) >= 11 is 1.51. The smallest absolute Gasteiger partial charge is 0.237 e. The Kier molecular flexibility index (Phi) is 5.92. The molecule has 0 N–H and O–H groups in total. The molecule has 1 heterocycles. The highest BCUT2D eigenvalue weighted by Gasteiger charge is 2.15. The summed E-state index contributed by atoms with van der Waals surface area (Å²) in [6, 6.07) is 15.3. The third-order valence-corrected chi connectivity index (χ3v) is 3.81. The predicted octanol–water partition coefficient (Wildman–Crippen LogP) is 3.46. The molecular weight excluding hydrogens is 284 g/mol. The molecule has 0 aliphatic rings. The van der Waals surface area contributed by atoms with E-state index < -0.39 is 0 Å². The average Bonchev–Trinajstić information content (AvgIpc) is 3.02. The molecule has 1 aromatic carbocycles. The summed E-state index contributed by atoms with van der Waals surface area (Å²) in [7, 11) is 0. The second-order valence-electron chi connectivity index (χ2n) is 4.36. The van der Waals surface area contributed by atoms with Crippen LogP contribution in [-0.2, 0) is 10.5 Å². The molecule has 108 valence electrons. The lowest BCUT2D eigenvalue weighted by atomic mass is 10.2. The fourth-order valence-electron chi connectivity index (χ4n) is 1.88. The van der Waals surface area contributed by atoms with Crippen molar-refractivity contribution in [3.8, 4) is 6.07 Å². The van der Waals surface area contributed by atoms with E-state index in [2.05, 4.69) is 6.07 Å². The van der Waals surface area contributed by atoms with E-state index in [0.29, 0.717) is 24.5 Å². The topological polar surface area (TPSA) is 57.2 Å². The normalized spacial score (nSPS) is 10.0. The van der Waals surface area contributed by atoms with Gasteiger partial charge in [-0.1, -0.05) is 18.2 Å². The molecule has 0 saturated heterocycles. The number of nitriles is 1. The van der Waals surface area contributed by atoms with Crippen LogP contribution in [0.5, 0.6) is 0 Å². The first-order valence-electron chi connectivity index (χ1n) is 6.64. The zero-order valence-electron chi connectivity index (χ0n) is 11.6. The van der Waals surface area contributed by atoms with Gasteiger partial charge >= 0.3 is 0 Å². The molecule has 0 radical (unpaired) electrons. The average molecular weight is 300 g/mol. The molecule has 0 atom stereocenters. The Morgan fingerprint density at radius 3 is 2.71 bits per heavy atom. The summed E-state index contributed by atoms with van der Waals surface area (Å²) in [4.78, 5) is 14.0. The summed E-state index contributed by atoms with van der Waals surface area (Å²) in [6.45, 7) is 0.417. The lowest BCUT2D eigenvalue weighted by Crippen LogP contribution is -2.33. The monoisotopic (exact) mass is 300 g/mol. The van der Waals surface area contributed by atoms with Crippen LogP contribution >= 0.6 is 11.8 Å². The van der Waals surface area contributed by atoms with Crippen molar-refractivity contribution in [1.82, 2.24) is 0 Å². The van der Waals surface area contributed by atoms with Crippen LogP contribution in [0, 0.1) is 11.3 Å². The fraction of sp³-hybridized carbons (Fsp3) is 0.250. The van der Waals surface area contributed by atoms with Crippen molar-refractivity contribution in [2.75, 3.05) is 17.2 Å². The molecule has 4 nitrogen and oxygen atoms in total. The van der Waals surface area contributed by atoms with Gasteiger partial charge in [0.15, 0.2) is 0 Å². The minimum Gasteiger partial charge on any atom is -0.468 e. The van der Waals surface area contributed by atoms with E-state index in [4.69, 9.17) is 9.68 Å². The summed E-state index contributed by atoms with van der Waals surface area (Å²) in [5.74, 6) is 1.89. The highest BCUT2D eigenvalue weighted by atomic mass is 32.2. The second kappa shape index (κ2) is 8.18. The third kappa shape index (κ3) is 4.69. The van der Waals surface area contributed by atoms with E-state index >= 15 is 0 Å². The molecule has 0 fully saturated rings. The van der Waals surface area contributed by atoms with Crippen LogP contribution in [0.3, 0.4) is 0 Å². The molecule has 0 bridgehead atoms. The highest BCUT2D eigenvalue weighted by Crippen LogP contribution is 2.18. The Morgan fingerprint density at radius 1 is 1.24 bits per heavy atom. The van der Waals surface area contributed by atoms with Gasteiger partial charge in [0.2, 0.25) is 5.91 Å². The Bertz CT molecular complexity index is 590. The van der Waals surface area contributed by atoms with Crippen molar-refractivity contribution in [1.29, 1.82) is 5.26 Å². The van der Waals surface area contributed by atoms with Crippen LogP contribution < -0.4 is 4.90 Å². The van der Waals surface area contributed by atoms with E-state index in [1.165, 1.54) is 11.8 Å². The summed E-state index contributed by atoms with van der Waals surface area (Å²) < 4.78 is 5.24. The van der Waals surface area contributed by atoms with Crippen molar-refractivity contribution in [3.05, 3.63) is 54.5 Å². The molecule has 1 aromatic heterocycles. The van der Waals surface area contributed by atoms with Crippen LogP contribution in [0.1, 0.15) is 12.2 Å². The van der Waals surface area contributed by atoms with Crippen molar-refractivity contribution in [2.45, 2.75) is 12.2 Å². The molecule has 0 spiro atoms. The lowest BCUT2D eigenvalue weighted by Gasteiger charge is -2.21. The van der Waals surface area contributed by atoms with Gasteiger partial charge in [0.1, 0.15) is 5.76 Å². The predicted molar refractivity (Wildman–Crippen MR) is 83.9 cm³/mol. The maximum Gasteiger partial charge on any atom is 0.237 e. The van der Waals surface area contributed by atoms with Crippen molar-refractivity contribution in [2.24, 2.45) is 0 Å². The first-order chi connectivity index (χ1) is 10.3. The SMILES string of the molecule is N#CCCN(C(=O)CSCc1ccco1)c1ccccc1.